The summed E-state index contributed by atoms with van der Waals surface area (Å²) in [6, 6.07) is 22.4. The van der Waals surface area contributed by atoms with Gasteiger partial charge >= 0.3 is 0 Å². The molecule has 3 aromatic rings. The predicted molar refractivity (Wildman–Crippen MR) is 124 cm³/mol. The van der Waals surface area contributed by atoms with Crippen molar-refractivity contribution in [1.29, 1.82) is 0 Å². The Morgan fingerprint density at radius 2 is 1.30 bits per heavy atom. The summed E-state index contributed by atoms with van der Waals surface area (Å²) in [6.07, 6.45) is 0.149. The number of benzene rings is 3. The van der Waals surface area contributed by atoms with Crippen LogP contribution in [0, 0.1) is 5.92 Å². The van der Waals surface area contributed by atoms with E-state index >= 15 is 0 Å². The van der Waals surface area contributed by atoms with E-state index in [4.69, 9.17) is 4.74 Å². The lowest BCUT2D eigenvalue weighted by Gasteiger charge is -2.31. The standard InChI is InChI=1S/C25H24O6S2/c26-18-20(25-23-14-8-7-9-19(23)15-16-31-25)17-24(32(27,28)21-10-3-1-4-11-21)33(29,30)22-12-5-2-6-13-22/h1-14,18,20,24-25H,15-17H2. The Bertz CT molecular complexity index is 1250. The number of hydrogen-bond acceptors (Lipinski definition) is 6. The van der Waals surface area contributed by atoms with Crippen molar-refractivity contribution in [3.63, 3.8) is 0 Å². The molecule has 0 bridgehead atoms. The molecule has 8 heteroatoms. The number of sulfone groups is 2. The molecule has 1 heterocycles. The molecule has 6 nitrogen and oxygen atoms in total. The molecule has 0 amide bonds. The van der Waals surface area contributed by atoms with E-state index in [1.807, 2.05) is 24.3 Å². The van der Waals surface area contributed by atoms with E-state index in [0.717, 1.165) is 11.1 Å². The molecule has 33 heavy (non-hydrogen) atoms. The van der Waals surface area contributed by atoms with Crippen LogP contribution in [0.15, 0.2) is 94.7 Å². The second-order valence-electron chi connectivity index (χ2n) is 7.92. The lowest BCUT2D eigenvalue weighted by atomic mass is 9.88. The molecule has 0 saturated carbocycles. The van der Waals surface area contributed by atoms with Crippen LogP contribution >= 0.6 is 0 Å². The molecular weight excluding hydrogens is 460 g/mol. The maximum atomic E-state index is 13.6. The average Bonchev–Trinajstić information content (AvgIpc) is 2.85. The highest BCUT2D eigenvalue weighted by atomic mass is 32.3. The SMILES string of the molecule is O=CC(CC(S(=O)(=O)c1ccccc1)S(=O)(=O)c1ccccc1)C1OCCc2ccccc21. The molecule has 0 aromatic heterocycles. The van der Waals surface area contributed by atoms with Gasteiger partial charge in [0, 0.05) is 5.92 Å². The third-order valence-electron chi connectivity index (χ3n) is 5.89. The van der Waals surface area contributed by atoms with Crippen LogP contribution in [0.2, 0.25) is 0 Å². The van der Waals surface area contributed by atoms with Gasteiger partial charge in [0.25, 0.3) is 0 Å². The molecule has 0 saturated heterocycles. The molecule has 0 spiro atoms. The second-order valence-corrected chi connectivity index (χ2v) is 12.5. The highest BCUT2D eigenvalue weighted by molar-refractivity contribution is 8.09. The van der Waals surface area contributed by atoms with Gasteiger partial charge in [-0.1, -0.05) is 60.7 Å². The molecule has 0 radical (unpaired) electrons. The minimum Gasteiger partial charge on any atom is -0.372 e. The second kappa shape index (κ2) is 9.59. The van der Waals surface area contributed by atoms with Gasteiger partial charge in [0.05, 0.1) is 22.5 Å². The zero-order valence-electron chi connectivity index (χ0n) is 17.8. The van der Waals surface area contributed by atoms with E-state index < -0.39 is 42.7 Å². The van der Waals surface area contributed by atoms with Gasteiger partial charge < -0.3 is 9.53 Å². The first-order valence-electron chi connectivity index (χ1n) is 10.6. The lowest BCUT2D eigenvalue weighted by molar-refractivity contribution is -0.117. The first-order valence-corrected chi connectivity index (χ1v) is 13.7. The Morgan fingerprint density at radius 3 is 1.85 bits per heavy atom. The van der Waals surface area contributed by atoms with Gasteiger partial charge in [0.2, 0.25) is 0 Å². The molecule has 4 rings (SSSR count). The number of fused-ring (bicyclic) bond motifs is 1. The van der Waals surface area contributed by atoms with Crippen LogP contribution in [0.3, 0.4) is 0 Å². The zero-order valence-corrected chi connectivity index (χ0v) is 19.4. The number of hydrogen-bond donors (Lipinski definition) is 0. The van der Waals surface area contributed by atoms with E-state index in [9.17, 15) is 21.6 Å². The average molecular weight is 485 g/mol. The van der Waals surface area contributed by atoms with Crippen molar-refractivity contribution >= 4 is 26.0 Å². The molecule has 0 fully saturated rings. The Balaban J connectivity index is 1.80. The lowest BCUT2D eigenvalue weighted by Crippen LogP contribution is -2.36. The van der Waals surface area contributed by atoms with Gasteiger partial charge in [-0.3, -0.25) is 0 Å². The topological polar surface area (TPSA) is 94.6 Å². The van der Waals surface area contributed by atoms with Crippen molar-refractivity contribution in [1.82, 2.24) is 0 Å². The van der Waals surface area contributed by atoms with E-state index in [-0.39, 0.29) is 9.79 Å². The van der Waals surface area contributed by atoms with Crippen LogP contribution < -0.4 is 0 Å². The molecule has 0 aliphatic carbocycles. The van der Waals surface area contributed by atoms with Crippen LogP contribution in [-0.2, 0) is 35.6 Å². The van der Waals surface area contributed by atoms with Crippen LogP contribution in [0.4, 0.5) is 0 Å². The first kappa shape index (κ1) is 23.4. The Labute approximate surface area is 194 Å². The molecule has 172 valence electrons. The van der Waals surface area contributed by atoms with Gasteiger partial charge in [0.1, 0.15) is 6.29 Å². The van der Waals surface area contributed by atoms with Gasteiger partial charge in [-0.05, 0) is 48.2 Å². The summed E-state index contributed by atoms with van der Waals surface area (Å²) in [5, 5.41) is 0. The number of ether oxygens (including phenoxy) is 1. The van der Waals surface area contributed by atoms with Gasteiger partial charge in [-0.25, -0.2) is 16.8 Å². The zero-order chi connectivity index (χ0) is 23.5. The monoisotopic (exact) mass is 484 g/mol. The fourth-order valence-corrected chi connectivity index (χ4v) is 8.83. The number of carbonyl (C=O) groups is 1. The largest absolute Gasteiger partial charge is 0.372 e. The summed E-state index contributed by atoms with van der Waals surface area (Å²) in [6.45, 7) is 0.369. The van der Waals surface area contributed by atoms with E-state index in [2.05, 4.69) is 0 Å². The fraction of sp³-hybridized carbons (Fsp3) is 0.240. The van der Waals surface area contributed by atoms with Crippen molar-refractivity contribution in [3.05, 3.63) is 96.1 Å². The molecule has 1 aliphatic heterocycles. The molecule has 3 aromatic carbocycles. The molecule has 2 unspecified atom stereocenters. The first-order chi connectivity index (χ1) is 15.9. The quantitative estimate of drug-likeness (QED) is 0.452. The summed E-state index contributed by atoms with van der Waals surface area (Å²) in [7, 11) is -8.66. The molecule has 2 atom stereocenters. The molecular formula is C25H24O6S2. The Hall–Kier alpha value is -2.81. The van der Waals surface area contributed by atoms with Gasteiger partial charge in [-0.2, -0.15) is 0 Å². The van der Waals surface area contributed by atoms with Crippen molar-refractivity contribution in [2.75, 3.05) is 6.61 Å². The van der Waals surface area contributed by atoms with Crippen LogP contribution in [0.5, 0.6) is 0 Å². The van der Waals surface area contributed by atoms with E-state index in [1.165, 1.54) is 48.5 Å². The van der Waals surface area contributed by atoms with Gasteiger partial charge in [-0.15, -0.1) is 0 Å². The minimum atomic E-state index is -4.33. The summed E-state index contributed by atoms with van der Waals surface area (Å²) in [4.78, 5) is 12.0. The van der Waals surface area contributed by atoms with Crippen molar-refractivity contribution in [2.45, 2.75) is 33.3 Å². The highest BCUT2D eigenvalue weighted by Crippen LogP contribution is 2.38. The van der Waals surface area contributed by atoms with Crippen LogP contribution in [0.25, 0.3) is 0 Å². The summed E-state index contributed by atoms with van der Waals surface area (Å²) in [5.41, 5.74) is 1.79. The van der Waals surface area contributed by atoms with Crippen molar-refractivity contribution in [3.8, 4) is 0 Å². The summed E-state index contributed by atoms with van der Waals surface area (Å²) >= 11 is 0. The van der Waals surface area contributed by atoms with Gasteiger partial charge in [0.15, 0.2) is 24.3 Å². The smallest absolute Gasteiger partial charge is 0.195 e. The Kier molecular flexibility index (Phi) is 6.78. The highest BCUT2D eigenvalue weighted by Gasteiger charge is 2.43. The normalized spacial score (nSPS) is 17.3. The Morgan fingerprint density at radius 1 is 0.788 bits per heavy atom. The number of aldehydes is 1. The number of rotatable bonds is 8. The van der Waals surface area contributed by atoms with E-state index in [0.29, 0.717) is 19.3 Å². The van der Waals surface area contributed by atoms with E-state index in [1.54, 1.807) is 12.1 Å². The number of carbonyl (C=O) groups excluding carboxylic acids is 1. The maximum absolute atomic E-state index is 13.6. The van der Waals surface area contributed by atoms with Crippen LogP contribution in [-0.4, -0.2) is 34.3 Å². The predicted octanol–water partition coefficient (Wildman–Crippen LogP) is 3.78. The fourth-order valence-electron chi connectivity index (χ4n) is 4.20. The third kappa shape index (κ3) is 4.64. The molecule has 1 aliphatic rings. The third-order valence-corrected chi connectivity index (χ3v) is 11.0. The summed E-state index contributed by atoms with van der Waals surface area (Å²) in [5.74, 6) is -0.964. The summed E-state index contributed by atoms with van der Waals surface area (Å²) < 4.78 is 58.4. The minimum absolute atomic E-state index is 0.107. The molecule has 0 N–H and O–H groups in total. The van der Waals surface area contributed by atoms with Crippen molar-refractivity contribution in [2.24, 2.45) is 5.92 Å². The maximum Gasteiger partial charge on any atom is 0.195 e. The van der Waals surface area contributed by atoms with Crippen molar-refractivity contribution < 1.29 is 26.4 Å². The van der Waals surface area contributed by atoms with Crippen LogP contribution in [0.1, 0.15) is 23.7 Å².